The molecule has 6 heteroatoms. The van der Waals surface area contributed by atoms with Crippen molar-refractivity contribution >= 4 is 23.2 Å². The van der Waals surface area contributed by atoms with Gasteiger partial charge in [0.25, 0.3) is 0 Å². The molecule has 0 amide bonds. The molecule has 0 aromatic heterocycles. The zero-order valence-electron chi connectivity index (χ0n) is 16.5. The highest BCUT2D eigenvalue weighted by molar-refractivity contribution is 6.35. The quantitative estimate of drug-likeness (QED) is 0.605. The predicted octanol–water partition coefficient (Wildman–Crippen LogP) is 5.15. The zero-order chi connectivity index (χ0) is 19.9. The van der Waals surface area contributed by atoms with E-state index in [1.165, 1.54) is 19.4 Å². The molecule has 0 spiro atoms. The van der Waals surface area contributed by atoms with Crippen molar-refractivity contribution < 1.29 is 9.47 Å². The second-order valence-electron chi connectivity index (χ2n) is 7.03. The first-order valence-corrected chi connectivity index (χ1v) is 10.5. The molecule has 28 heavy (non-hydrogen) atoms. The van der Waals surface area contributed by atoms with E-state index in [2.05, 4.69) is 23.2 Å². The summed E-state index contributed by atoms with van der Waals surface area (Å²) in [5.74, 6) is 1.47. The van der Waals surface area contributed by atoms with Gasteiger partial charge in [-0.25, -0.2) is 0 Å². The van der Waals surface area contributed by atoms with E-state index in [-0.39, 0.29) is 0 Å². The maximum absolute atomic E-state index is 6.28. The van der Waals surface area contributed by atoms with Crippen molar-refractivity contribution in [2.24, 2.45) is 0 Å². The van der Waals surface area contributed by atoms with Crippen LogP contribution in [0, 0.1) is 0 Å². The molecule has 0 saturated carbocycles. The van der Waals surface area contributed by atoms with Crippen LogP contribution in [-0.4, -0.2) is 37.7 Å². The fourth-order valence-corrected chi connectivity index (χ4v) is 4.19. The third kappa shape index (κ3) is 5.32. The van der Waals surface area contributed by atoms with Crippen LogP contribution in [0.3, 0.4) is 0 Å². The molecule has 1 N–H and O–H groups in total. The van der Waals surface area contributed by atoms with Gasteiger partial charge in [0.15, 0.2) is 11.5 Å². The van der Waals surface area contributed by atoms with Crippen molar-refractivity contribution in [2.45, 2.75) is 39.0 Å². The van der Waals surface area contributed by atoms with Gasteiger partial charge in [0.1, 0.15) is 6.61 Å². The van der Waals surface area contributed by atoms with Crippen molar-refractivity contribution in [1.29, 1.82) is 0 Å². The Kier molecular flexibility index (Phi) is 7.86. The molecule has 152 valence electrons. The number of hydrogen-bond acceptors (Lipinski definition) is 4. The molecule has 1 saturated heterocycles. The largest absolute Gasteiger partial charge is 0.493 e. The molecule has 2 aromatic carbocycles. The Labute approximate surface area is 177 Å². The number of rotatable bonds is 9. The Hall–Kier alpha value is -1.46. The maximum atomic E-state index is 6.28. The summed E-state index contributed by atoms with van der Waals surface area (Å²) in [6.07, 6.45) is 2.55. The van der Waals surface area contributed by atoms with E-state index in [1.807, 2.05) is 24.3 Å². The van der Waals surface area contributed by atoms with Gasteiger partial charge in [-0.2, -0.15) is 0 Å². The van der Waals surface area contributed by atoms with Crippen LogP contribution in [0.25, 0.3) is 0 Å². The van der Waals surface area contributed by atoms with E-state index < -0.39 is 0 Å². The number of likely N-dealkylation sites (N-methyl/N-ethyl adjacent to an activating group) is 1. The second kappa shape index (κ2) is 10.4. The van der Waals surface area contributed by atoms with Gasteiger partial charge in [-0.1, -0.05) is 48.3 Å². The summed E-state index contributed by atoms with van der Waals surface area (Å²) in [4.78, 5) is 2.54. The number of halogens is 2. The summed E-state index contributed by atoms with van der Waals surface area (Å²) in [6, 6.07) is 12.0. The summed E-state index contributed by atoms with van der Waals surface area (Å²) in [7, 11) is 1.66. The molecule has 0 bridgehead atoms. The molecule has 0 radical (unpaired) electrons. The third-order valence-electron chi connectivity index (χ3n) is 5.27. The lowest BCUT2D eigenvalue weighted by Crippen LogP contribution is -2.37. The van der Waals surface area contributed by atoms with E-state index >= 15 is 0 Å². The van der Waals surface area contributed by atoms with E-state index in [0.717, 1.165) is 42.3 Å². The Bertz CT molecular complexity index is 785. The number of benzene rings is 2. The average Bonchev–Trinajstić information content (AvgIpc) is 3.15. The van der Waals surface area contributed by atoms with Gasteiger partial charge in [-0.15, -0.1) is 0 Å². The van der Waals surface area contributed by atoms with Crippen LogP contribution in [0.4, 0.5) is 0 Å². The van der Waals surface area contributed by atoms with E-state index in [0.29, 0.717) is 22.7 Å². The van der Waals surface area contributed by atoms with Gasteiger partial charge in [0, 0.05) is 40.3 Å². The fraction of sp³-hybridized carbons (Fsp3) is 0.455. The lowest BCUT2D eigenvalue weighted by molar-refractivity contribution is 0.258. The first-order chi connectivity index (χ1) is 13.6. The van der Waals surface area contributed by atoms with Crippen LogP contribution in [0.5, 0.6) is 11.5 Å². The summed E-state index contributed by atoms with van der Waals surface area (Å²) in [5, 5.41) is 4.81. The number of likely N-dealkylation sites (tertiary alicyclic amines) is 1. The van der Waals surface area contributed by atoms with Gasteiger partial charge in [-0.05, 0) is 44.1 Å². The summed E-state index contributed by atoms with van der Waals surface area (Å²) < 4.78 is 11.7. The second-order valence-corrected chi connectivity index (χ2v) is 7.87. The highest BCUT2D eigenvalue weighted by atomic mass is 35.5. The van der Waals surface area contributed by atoms with Crippen molar-refractivity contribution in [3.63, 3.8) is 0 Å². The first-order valence-electron chi connectivity index (χ1n) is 9.79. The maximum Gasteiger partial charge on any atom is 0.166 e. The molecule has 3 rings (SSSR count). The standard InChI is InChI=1S/C22H28Cl2N2O2/c1-3-26-11-5-7-19(26)14-25-13-16-6-4-8-21(27-2)22(16)28-15-17-9-10-18(23)12-20(17)24/h4,6,8-10,12,19,25H,3,5,7,11,13-15H2,1-2H3/t19-/m1/s1. The number of ether oxygens (including phenoxy) is 2. The molecule has 1 atom stereocenters. The van der Waals surface area contributed by atoms with Crippen LogP contribution in [0.2, 0.25) is 10.0 Å². The third-order valence-corrected chi connectivity index (χ3v) is 5.86. The normalized spacial score (nSPS) is 17.1. The molecular weight excluding hydrogens is 395 g/mol. The van der Waals surface area contributed by atoms with Crippen LogP contribution in [0.15, 0.2) is 36.4 Å². The Balaban J connectivity index is 1.66. The minimum Gasteiger partial charge on any atom is -0.493 e. The molecular formula is C22H28Cl2N2O2. The van der Waals surface area contributed by atoms with Gasteiger partial charge in [0.2, 0.25) is 0 Å². The summed E-state index contributed by atoms with van der Waals surface area (Å²) >= 11 is 12.3. The Morgan fingerprint density at radius 2 is 2.04 bits per heavy atom. The van der Waals surface area contributed by atoms with Crippen molar-refractivity contribution in [2.75, 3.05) is 26.7 Å². The van der Waals surface area contributed by atoms with E-state index in [4.69, 9.17) is 32.7 Å². The number of nitrogens with zero attached hydrogens (tertiary/aromatic N) is 1. The first kappa shape index (κ1) is 21.3. The molecule has 1 heterocycles. The molecule has 1 fully saturated rings. The van der Waals surface area contributed by atoms with E-state index in [9.17, 15) is 0 Å². The van der Waals surface area contributed by atoms with Crippen LogP contribution >= 0.6 is 23.2 Å². The van der Waals surface area contributed by atoms with Gasteiger partial charge in [-0.3, -0.25) is 4.90 Å². The van der Waals surface area contributed by atoms with Crippen molar-refractivity contribution in [3.8, 4) is 11.5 Å². The monoisotopic (exact) mass is 422 g/mol. The SMILES string of the molecule is CCN1CCC[C@@H]1CNCc1cccc(OC)c1OCc1ccc(Cl)cc1Cl. The summed E-state index contributed by atoms with van der Waals surface area (Å²) in [5.41, 5.74) is 1.96. The number of para-hydroxylation sites is 1. The molecule has 4 nitrogen and oxygen atoms in total. The average molecular weight is 423 g/mol. The van der Waals surface area contributed by atoms with Crippen LogP contribution in [0.1, 0.15) is 30.9 Å². The van der Waals surface area contributed by atoms with E-state index in [1.54, 1.807) is 13.2 Å². The number of hydrogen-bond donors (Lipinski definition) is 1. The van der Waals surface area contributed by atoms with Gasteiger partial charge < -0.3 is 14.8 Å². The van der Waals surface area contributed by atoms with Gasteiger partial charge >= 0.3 is 0 Å². The predicted molar refractivity (Wildman–Crippen MR) is 116 cm³/mol. The minimum absolute atomic E-state index is 0.357. The zero-order valence-corrected chi connectivity index (χ0v) is 18.0. The smallest absolute Gasteiger partial charge is 0.166 e. The lowest BCUT2D eigenvalue weighted by Gasteiger charge is -2.23. The highest BCUT2D eigenvalue weighted by Gasteiger charge is 2.22. The topological polar surface area (TPSA) is 33.7 Å². The number of methoxy groups -OCH3 is 1. The minimum atomic E-state index is 0.357. The molecule has 2 aromatic rings. The van der Waals surface area contributed by atoms with Crippen molar-refractivity contribution in [1.82, 2.24) is 10.2 Å². The fourth-order valence-electron chi connectivity index (χ4n) is 3.73. The molecule has 0 unspecified atom stereocenters. The molecule has 0 aliphatic carbocycles. The molecule has 1 aliphatic rings. The van der Waals surface area contributed by atoms with Crippen molar-refractivity contribution in [3.05, 3.63) is 57.6 Å². The van der Waals surface area contributed by atoms with Gasteiger partial charge in [0.05, 0.1) is 7.11 Å². The Morgan fingerprint density at radius 3 is 2.79 bits per heavy atom. The highest BCUT2D eigenvalue weighted by Crippen LogP contribution is 2.33. The summed E-state index contributed by atoms with van der Waals surface area (Å²) in [6.45, 7) is 6.62. The van der Waals surface area contributed by atoms with Crippen LogP contribution in [-0.2, 0) is 13.2 Å². The Morgan fingerprint density at radius 1 is 1.18 bits per heavy atom. The number of nitrogens with one attached hydrogen (secondary N) is 1. The molecule has 1 aliphatic heterocycles. The van der Waals surface area contributed by atoms with Crippen LogP contribution < -0.4 is 14.8 Å². The lowest BCUT2D eigenvalue weighted by atomic mass is 10.1.